The summed E-state index contributed by atoms with van der Waals surface area (Å²) in [5.41, 5.74) is 0. The van der Waals surface area contributed by atoms with E-state index in [0.717, 1.165) is 5.01 Å². The van der Waals surface area contributed by atoms with E-state index in [0.29, 0.717) is 6.42 Å². The van der Waals surface area contributed by atoms with Gasteiger partial charge in [-0.2, -0.15) is 0 Å². The highest BCUT2D eigenvalue weighted by atomic mass is 32.1. The first-order valence-electron chi connectivity index (χ1n) is 6.40. The van der Waals surface area contributed by atoms with Gasteiger partial charge in [0, 0.05) is 24.5 Å². The molecule has 0 aromatic carbocycles. The van der Waals surface area contributed by atoms with Crippen LogP contribution in [0, 0.1) is 0 Å². The molecule has 2 rings (SSSR count). The number of aliphatic carboxylic acids is 1. The highest BCUT2D eigenvalue weighted by Crippen LogP contribution is 2.22. The topological polar surface area (TPSA) is 103 Å². The van der Waals surface area contributed by atoms with Gasteiger partial charge in [-0.05, 0) is 6.42 Å². The zero-order chi connectivity index (χ0) is 14.7. The minimum Gasteiger partial charge on any atom is -0.480 e. The lowest BCUT2D eigenvalue weighted by Crippen LogP contribution is -2.47. The van der Waals surface area contributed by atoms with Crippen molar-refractivity contribution in [3.63, 3.8) is 0 Å². The number of hydrogen-bond acceptors (Lipinski definition) is 5. The number of nitrogens with one attached hydrogen (secondary N) is 1. The minimum atomic E-state index is -1.10. The van der Waals surface area contributed by atoms with E-state index in [2.05, 4.69) is 10.3 Å². The first-order chi connectivity index (χ1) is 9.52. The molecule has 3 atom stereocenters. The van der Waals surface area contributed by atoms with E-state index in [1.807, 2.05) is 12.3 Å². The van der Waals surface area contributed by atoms with Gasteiger partial charge in [-0.15, -0.1) is 11.3 Å². The number of urea groups is 1. The normalized spacial score (nSPS) is 23.6. The third-order valence-corrected chi connectivity index (χ3v) is 4.17. The van der Waals surface area contributed by atoms with E-state index in [1.54, 1.807) is 6.20 Å². The summed E-state index contributed by atoms with van der Waals surface area (Å²) in [5, 5.41) is 24.0. The Balaban J connectivity index is 2.05. The van der Waals surface area contributed by atoms with Crippen LogP contribution >= 0.6 is 11.3 Å². The third kappa shape index (κ3) is 3.07. The molecule has 1 aromatic heterocycles. The summed E-state index contributed by atoms with van der Waals surface area (Å²) in [7, 11) is 0. The molecular formula is C12H17N3O4S. The molecule has 1 aliphatic rings. The lowest BCUT2D eigenvalue weighted by Gasteiger charge is -2.24. The quantitative estimate of drug-likeness (QED) is 0.764. The molecule has 1 aromatic rings. The maximum absolute atomic E-state index is 12.2. The number of nitrogens with zero attached hydrogens (tertiary/aromatic N) is 2. The number of carboxylic acid groups (broad SMARTS) is 1. The fourth-order valence-corrected chi connectivity index (χ4v) is 3.02. The lowest BCUT2D eigenvalue weighted by atomic mass is 10.2. The Kier molecular flexibility index (Phi) is 4.56. The summed E-state index contributed by atoms with van der Waals surface area (Å²) >= 11 is 1.44. The van der Waals surface area contributed by atoms with Crippen molar-refractivity contribution in [2.24, 2.45) is 0 Å². The molecule has 1 fully saturated rings. The highest BCUT2D eigenvalue weighted by molar-refractivity contribution is 7.09. The van der Waals surface area contributed by atoms with E-state index < -0.39 is 24.1 Å². The smallest absolute Gasteiger partial charge is 0.326 e. The maximum Gasteiger partial charge on any atom is 0.326 e. The third-order valence-electron chi connectivity index (χ3n) is 3.28. The monoisotopic (exact) mass is 299 g/mol. The van der Waals surface area contributed by atoms with Crippen LogP contribution in [0.3, 0.4) is 0 Å². The van der Waals surface area contributed by atoms with Crippen molar-refractivity contribution in [3.05, 3.63) is 16.6 Å². The second kappa shape index (κ2) is 6.19. The molecule has 0 spiro atoms. The van der Waals surface area contributed by atoms with Gasteiger partial charge in [0.1, 0.15) is 11.0 Å². The van der Waals surface area contributed by atoms with Gasteiger partial charge < -0.3 is 20.4 Å². The molecule has 1 unspecified atom stereocenters. The summed E-state index contributed by atoms with van der Waals surface area (Å²) < 4.78 is 0. The van der Waals surface area contributed by atoms with E-state index in [-0.39, 0.29) is 19.0 Å². The second-order valence-electron chi connectivity index (χ2n) is 4.68. The van der Waals surface area contributed by atoms with Gasteiger partial charge in [-0.1, -0.05) is 6.92 Å². The Morgan fingerprint density at radius 3 is 2.95 bits per heavy atom. The largest absolute Gasteiger partial charge is 0.480 e. The molecule has 3 N–H and O–H groups in total. The number of rotatable bonds is 4. The van der Waals surface area contributed by atoms with Crippen LogP contribution in [0.5, 0.6) is 0 Å². The van der Waals surface area contributed by atoms with E-state index in [4.69, 9.17) is 5.11 Å². The summed E-state index contributed by atoms with van der Waals surface area (Å²) in [6.07, 6.45) is 1.60. The predicted octanol–water partition coefficient (Wildman–Crippen LogP) is 0.824. The summed E-state index contributed by atoms with van der Waals surface area (Å²) in [6, 6.07) is -1.69. The number of carbonyl (C=O) groups is 2. The molecule has 2 amide bonds. The minimum absolute atomic E-state index is 0.0388. The Bertz CT molecular complexity index is 479. The molecule has 7 nitrogen and oxygen atoms in total. The predicted molar refractivity (Wildman–Crippen MR) is 72.4 cm³/mol. The summed E-state index contributed by atoms with van der Waals surface area (Å²) in [4.78, 5) is 28.6. The van der Waals surface area contributed by atoms with Crippen molar-refractivity contribution in [1.82, 2.24) is 15.2 Å². The number of β-amino-alcohol motifs (C(OH)–C–C–N with tert-alkyl or cyclic N) is 1. The van der Waals surface area contributed by atoms with Crippen molar-refractivity contribution in [2.75, 3.05) is 6.54 Å². The number of carbonyl (C=O) groups excluding carboxylic acids is 1. The van der Waals surface area contributed by atoms with Crippen LogP contribution in [-0.2, 0) is 4.79 Å². The SMILES string of the molecule is CCC(NC(=O)N1C[C@H](O)C[C@H]1C(=O)O)c1nccs1. The van der Waals surface area contributed by atoms with Crippen molar-refractivity contribution >= 4 is 23.3 Å². The van der Waals surface area contributed by atoms with Crippen LogP contribution in [0.4, 0.5) is 4.79 Å². The number of amides is 2. The van der Waals surface area contributed by atoms with Crippen molar-refractivity contribution in [3.8, 4) is 0 Å². The van der Waals surface area contributed by atoms with Gasteiger partial charge in [0.25, 0.3) is 0 Å². The van der Waals surface area contributed by atoms with Crippen LogP contribution in [0.1, 0.15) is 30.8 Å². The lowest BCUT2D eigenvalue weighted by molar-refractivity contribution is -0.141. The van der Waals surface area contributed by atoms with Crippen molar-refractivity contribution in [2.45, 2.75) is 38.0 Å². The maximum atomic E-state index is 12.2. The molecule has 20 heavy (non-hydrogen) atoms. The van der Waals surface area contributed by atoms with Crippen LogP contribution < -0.4 is 5.32 Å². The summed E-state index contributed by atoms with van der Waals surface area (Å²) in [5.74, 6) is -1.10. The molecule has 110 valence electrons. The Morgan fingerprint density at radius 2 is 2.40 bits per heavy atom. The average molecular weight is 299 g/mol. The van der Waals surface area contributed by atoms with E-state index >= 15 is 0 Å². The number of hydrogen-bond donors (Lipinski definition) is 3. The van der Waals surface area contributed by atoms with Gasteiger partial charge in [0.2, 0.25) is 0 Å². The van der Waals surface area contributed by atoms with E-state index in [1.165, 1.54) is 16.2 Å². The molecule has 8 heteroatoms. The number of carboxylic acids is 1. The molecular weight excluding hydrogens is 282 g/mol. The molecule has 0 aliphatic carbocycles. The van der Waals surface area contributed by atoms with Crippen LogP contribution in [-0.4, -0.2) is 50.8 Å². The Labute approximate surface area is 120 Å². The number of aliphatic hydroxyl groups excluding tert-OH is 1. The fourth-order valence-electron chi connectivity index (χ4n) is 2.25. The number of likely N-dealkylation sites (tertiary alicyclic amines) is 1. The first-order valence-corrected chi connectivity index (χ1v) is 7.28. The highest BCUT2D eigenvalue weighted by Gasteiger charge is 2.39. The zero-order valence-electron chi connectivity index (χ0n) is 11.0. The van der Waals surface area contributed by atoms with Crippen molar-refractivity contribution in [1.29, 1.82) is 0 Å². The first kappa shape index (κ1) is 14.7. The van der Waals surface area contributed by atoms with Gasteiger partial charge in [0.05, 0.1) is 12.1 Å². The molecule has 0 radical (unpaired) electrons. The Hall–Kier alpha value is -1.67. The molecule has 1 saturated heterocycles. The van der Waals surface area contributed by atoms with Gasteiger partial charge >= 0.3 is 12.0 Å². The molecule has 2 heterocycles. The standard InChI is InChI=1S/C12H17N3O4S/c1-2-8(10-13-3-4-20-10)14-12(19)15-6-7(16)5-9(15)11(17)18/h3-4,7-9,16H,2,5-6H2,1H3,(H,14,19)(H,17,18)/t7-,8?,9+/m1/s1. The second-order valence-corrected chi connectivity index (χ2v) is 5.60. The van der Waals surface area contributed by atoms with Crippen LogP contribution in [0.15, 0.2) is 11.6 Å². The average Bonchev–Trinajstić information content (AvgIpc) is 3.04. The van der Waals surface area contributed by atoms with Gasteiger partial charge in [-0.25, -0.2) is 14.6 Å². The Morgan fingerprint density at radius 1 is 1.65 bits per heavy atom. The van der Waals surface area contributed by atoms with Gasteiger partial charge in [0.15, 0.2) is 0 Å². The number of aliphatic hydroxyl groups is 1. The fraction of sp³-hybridized carbons (Fsp3) is 0.583. The van der Waals surface area contributed by atoms with Gasteiger partial charge in [-0.3, -0.25) is 0 Å². The van der Waals surface area contributed by atoms with Crippen molar-refractivity contribution < 1.29 is 19.8 Å². The zero-order valence-corrected chi connectivity index (χ0v) is 11.8. The van der Waals surface area contributed by atoms with Crippen LogP contribution in [0.2, 0.25) is 0 Å². The number of aromatic nitrogens is 1. The molecule has 0 saturated carbocycles. The van der Waals surface area contributed by atoms with Crippen LogP contribution in [0.25, 0.3) is 0 Å². The van der Waals surface area contributed by atoms with E-state index in [9.17, 15) is 14.7 Å². The number of thiazole rings is 1. The summed E-state index contributed by atoms with van der Waals surface area (Å²) in [6.45, 7) is 1.96. The molecule has 1 aliphatic heterocycles. The molecule has 0 bridgehead atoms.